The van der Waals surface area contributed by atoms with Crippen molar-refractivity contribution < 1.29 is 71.4 Å². The van der Waals surface area contributed by atoms with Gasteiger partial charge in [0.15, 0.2) is 0 Å². The summed E-state index contributed by atoms with van der Waals surface area (Å²) in [6, 6.07) is 0. The number of hydrogen-bond donors (Lipinski definition) is 0. The van der Waals surface area contributed by atoms with Gasteiger partial charge in [-0.05, 0) is 0 Å². The van der Waals surface area contributed by atoms with Crippen LogP contribution in [-0.2, 0) is 17.1 Å². The van der Waals surface area contributed by atoms with Crippen LogP contribution in [0.15, 0.2) is 0 Å². The van der Waals surface area contributed by atoms with Crippen molar-refractivity contribution in [2.75, 3.05) is 0 Å². The van der Waals surface area contributed by atoms with Crippen LogP contribution < -0.4 is 0 Å². The third-order valence-corrected chi connectivity index (χ3v) is 0. The van der Waals surface area contributed by atoms with Gasteiger partial charge in [-0.2, -0.15) is 0 Å². The molecule has 0 heterocycles. The molecule has 0 spiro atoms. The molecule has 0 aromatic heterocycles. The summed E-state index contributed by atoms with van der Waals surface area (Å²) in [5.41, 5.74) is 0. The van der Waals surface area contributed by atoms with E-state index in [-0.39, 0.29) is 66.4 Å². The first-order valence-corrected chi connectivity index (χ1v) is 0.548. The van der Waals surface area contributed by atoms with Crippen molar-refractivity contribution in [3.05, 3.63) is 15.3 Å². The van der Waals surface area contributed by atoms with Gasteiger partial charge < -0.3 is 64.6 Å². The molecule has 0 atom stereocenters. The zero-order valence-electron chi connectivity index (χ0n) is 6.53. The fraction of sp³-hybridized carbons (Fsp3) is 0. The topological polar surface area (TPSA) is 350 Å². The van der Waals surface area contributed by atoms with Crippen LogP contribution in [0.4, 0.5) is 0 Å². The summed E-state index contributed by atoms with van der Waals surface area (Å²) in [5, 5.41) is 14.8. The van der Waals surface area contributed by atoms with Crippen molar-refractivity contribution in [3.8, 4) is 0 Å². The summed E-state index contributed by atoms with van der Waals surface area (Å²) in [4.78, 5) is 8.25. The minimum absolute atomic E-state index is 0. The normalized spacial score (nSPS) is 1.71. The molecule has 0 fully saturated rings. The maximum Gasteiger partial charge on any atom is 2.00 e. The van der Waals surface area contributed by atoms with Crippen molar-refractivity contribution in [3.63, 3.8) is 0 Å². The molecule has 14 heavy (non-hydrogen) atoms. The third-order valence-electron chi connectivity index (χ3n) is 0. The Kier molecular flexibility index (Phi) is 7500. The standard InChI is InChI=1S/Fe.NO3.9H2O/c;2-1(3)4;;;;;;;;;/h;;9*1H2/q+2;-1;;;;;;;;;. The van der Waals surface area contributed by atoms with Gasteiger partial charge >= 0.3 is 17.1 Å². The van der Waals surface area contributed by atoms with E-state index in [2.05, 4.69) is 0 Å². The zero-order valence-corrected chi connectivity index (χ0v) is 7.63. The van der Waals surface area contributed by atoms with Crippen LogP contribution in [0, 0.1) is 15.3 Å². The second-order valence-corrected chi connectivity index (χ2v) is 0.224. The number of rotatable bonds is 0. The molecular formula is H18FeNO12+. The van der Waals surface area contributed by atoms with E-state index in [0.717, 1.165) is 0 Å². The molecule has 0 aliphatic rings. The van der Waals surface area contributed by atoms with E-state index in [4.69, 9.17) is 15.3 Å². The van der Waals surface area contributed by atoms with Gasteiger partial charge in [0.1, 0.15) is 0 Å². The Hall–Kier alpha value is -0.641. The van der Waals surface area contributed by atoms with E-state index in [1.54, 1.807) is 0 Å². The summed E-state index contributed by atoms with van der Waals surface area (Å²) >= 11 is 0. The number of hydrogen-bond acceptors (Lipinski definition) is 3. The van der Waals surface area contributed by atoms with Gasteiger partial charge in [-0.25, -0.2) is 0 Å². The van der Waals surface area contributed by atoms with Gasteiger partial charge in [-0.3, -0.25) is 0 Å². The average molecular weight is 280 g/mol. The van der Waals surface area contributed by atoms with Gasteiger partial charge in [0.2, 0.25) is 0 Å². The van der Waals surface area contributed by atoms with Crippen molar-refractivity contribution in [2.24, 2.45) is 0 Å². The zero-order chi connectivity index (χ0) is 3.58. The average Bonchev–Trinajstić information content (AvgIpc) is 0.811. The van der Waals surface area contributed by atoms with E-state index in [9.17, 15) is 0 Å². The molecule has 0 aromatic carbocycles. The quantitative estimate of drug-likeness (QED) is 0.237. The van der Waals surface area contributed by atoms with Gasteiger partial charge in [-0.1, -0.05) is 0 Å². The smallest absolute Gasteiger partial charge is 0.412 e. The van der Waals surface area contributed by atoms with Crippen molar-refractivity contribution in [2.45, 2.75) is 0 Å². The third kappa shape index (κ3) is 2970. The molecule has 0 radical (unpaired) electrons. The molecular weight excluding hydrogens is 262 g/mol. The summed E-state index contributed by atoms with van der Waals surface area (Å²) < 4.78 is 0. The molecule has 0 bridgehead atoms. The van der Waals surface area contributed by atoms with E-state index in [1.807, 2.05) is 0 Å². The van der Waals surface area contributed by atoms with Crippen LogP contribution >= 0.6 is 0 Å². The van der Waals surface area contributed by atoms with E-state index in [1.165, 1.54) is 0 Å². The van der Waals surface area contributed by atoms with Crippen molar-refractivity contribution in [1.29, 1.82) is 0 Å². The van der Waals surface area contributed by atoms with Gasteiger partial charge in [0, 0.05) is 0 Å². The van der Waals surface area contributed by atoms with E-state index >= 15 is 0 Å². The fourth-order valence-corrected chi connectivity index (χ4v) is 0. The Labute approximate surface area is 87.7 Å². The van der Waals surface area contributed by atoms with E-state index < -0.39 is 5.09 Å². The summed E-state index contributed by atoms with van der Waals surface area (Å²) in [6.07, 6.45) is 0. The molecule has 14 heteroatoms. The Morgan fingerprint density at radius 1 is 0.571 bits per heavy atom. The predicted molar refractivity (Wildman–Crippen MR) is 42.9 cm³/mol. The van der Waals surface area contributed by atoms with Crippen molar-refractivity contribution >= 4 is 0 Å². The molecule has 0 aliphatic carbocycles. The first-order chi connectivity index (χ1) is 1.73. The van der Waals surface area contributed by atoms with Gasteiger partial charge in [0.25, 0.3) is 0 Å². The first-order valence-electron chi connectivity index (χ1n) is 0.548. The molecule has 0 unspecified atom stereocenters. The van der Waals surface area contributed by atoms with E-state index in [0.29, 0.717) is 0 Å². The largest absolute Gasteiger partial charge is 2.00 e. The Balaban J connectivity index is -0.000000001000. The van der Waals surface area contributed by atoms with Gasteiger partial charge in [-0.15, -0.1) is 0 Å². The minimum atomic E-state index is -1.75. The maximum atomic E-state index is 8.25. The summed E-state index contributed by atoms with van der Waals surface area (Å²) in [7, 11) is 0. The molecule has 0 saturated heterocycles. The predicted octanol–water partition coefficient (Wildman–Crippen LogP) is -7.66. The van der Waals surface area contributed by atoms with Crippen LogP contribution in [-0.4, -0.2) is 54.4 Å². The molecule has 18 N–H and O–H groups in total. The first kappa shape index (κ1) is 367. The van der Waals surface area contributed by atoms with Crippen LogP contribution in [0.2, 0.25) is 0 Å². The number of nitrogens with zero attached hydrogens (tertiary/aromatic N) is 1. The molecule has 0 saturated carbocycles. The monoisotopic (exact) mass is 280 g/mol. The van der Waals surface area contributed by atoms with Crippen LogP contribution in [0.1, 0.15) is 0 Å². The molecule has 0 rings (SSSR count). The van der Waals surface area contributed by atoms with Crippen LogP contribution in [0.25, 0.3) is 0 Å². The second kappa shape index (κ2) is 286. The van der Waals surface area contributed by atoms with Crippen LogP contribution in [0.3, 0.4) is 0 Å². The minimum Gasteiger partial charge on any atom is -0.412 e. The Morgan fingerprint density at radius 2 is 0.571 bits per heavy atom. The van der Waals surface area contributed by atoms with Gasteiger partial charge in [0.05, 0.1) is 5.09 Å². The molecule has 0 aliphatic heterocycles. The Bertz CT molecular complexity index is 33.3. The fourth-order valence-electron chi connectivity index (χ4n) is 0. The molecule has 0 aromatic rings. The molecule has 13 nitrogen and oxygen atoms in total. The van der Waals surface area contributed by atoms with Crippen molar-refractivity contribution in [1.82, 2.24) is 0 Å². The SMILES string of the molecule is O.O.O.O.O.O.O.O.O.O=[N+]([O-])[O-].[Fe+2]. The maximum absolute atomic E-state index is 8.25. The summed E-state index contributed by atoms with van der Waals surface area (Å²) in [6.45, 7) is 0. The Morgan fingerprint density at radius 3 is 0.571 bits per heavy atom. The summed E-state index contributed by atoms with van der Waals surface area (Å²) in [5.74, 6) is 0. The molecule has 0 amide bonds. The second-order valence-electron chi connectivity index (χ2n) is 0.224. The molecule has 102 valence electrons. The van der Waals surface area contributed by atoms with Crippen LogP contribution in [0.5, 0.6) is 0 Å².